The van der Waals surface area contributed by atoms with Crippen LogP contribution in [0.15, 0.2) is 30.6 Å². The van der Waals surface area contributed by atoms with Crippen molar-refractivity contribution in [3.05, 3.63) is 36.4 Å². The Labute approximate surface area is 115 Å². The van der Waals surface area contributed by atoms with Crippen LogP contribution in [0.2, 0.25) is 0 Å². The van der Waals surface area contributed by atoms with E-state index in [1.807, 2.05) is 20.8 Å². The number of nitrogens with one attached hydrogen (secondary N) is 2. The summed E-state index contributed by atoms with van der Waals surface area (Å²) in [6.45, 7) is 6.11. The van der Waals surface area contributed by atoms with Gasteiger partial charge in [-0.15, -0.1) is 0 Å². The summed E-state index contributed by atoms with van der Waals surface area (Å²) in [7, 11) is 0. The lowest BCUT2D eigenvalue weighted by Gasteiger charge is -2.22. The zero-order chi connectivity index (χ0) is 14.3. The SMILES string of the molecule is CC(C)(C)Nc1c(-c2ccccc2F)nc2nc[nH]n12. The quantitative estimate of drug-likeness (QED) is 0.754. The molecule has 3 aromatic rings. The second-order valence-corrected chi connectivity index (χ2v) is 5.69. The van der Waals surface area contributed by atoms with Gasteiger partial charge in [0.2, 0.25) is 0 Å². The maximum absolute atomic E-state index is 14.0. The van der Waals surface area contributed by atoms with Gasteiger partial charge >= 0.3 is 0 Å². The fourth-order valence-corrected chi connectivity index (χ4v) is 2.07. The zero-order valence-corrected chi connectivity index (χ0v) is 11.6. The first-order chi connectivity index (χ1) is 9.46. The van der Waals surface area contributed by atoms with E-state index in [-0.39, 0.29) is 11.4 Å². The number of hydrogen-bond acceptors (Lipinski definition) is 3. The summed E-state index contributed by atoms with van der Waals surface area (Å²) < 4.78 is 15.7. The molecule has 0 saturated carbocycles. The molecular weight excluding hydrogens is 257 g/mol. The van der Waals surface area contributed by atoms with Crippen LogP contribution < -0.4 is 5.32 Å². The Hall–Kier alpha value is -2.37. The molecule has 0 atom stereocenters. The molecule has 0 spiro atoms. The van der Waals surface area contributed by atoms with Gasteiger partial charge in [-0.1, -0.05) is 12.1 Å². The van der Waals surface area contributed by atoms with E-state index >= 15 is 0 Å². The molecular formula is C14H16FN5. The van der Waals surface area contributed by atoms with Gasteiger partial charge in [0, 0.05) is 11.1 Å². The van der Waals surface area contributed by atoms with Crippen LogP contribution in [0, 0.1) is 5.82 Å². The van der Waals surface area contributed by atoms with Gasteiger partial charge < -0.3 is 5.32 Å². The fraction of sp³-hybridized carbons (Fsp3) is 0.286. The molecule has 2 N–H and O–H groups in total. The number of H-pyrrole nitrogens is 1. The summed E-state index contributed by atoms with van der Waals surface area (Å²) in [6.07, 6.45) is 1.56. The van der Waals surface area contributed by atoms with Crippen molar-refractivity contribution in [2.75, 3.05) is 5.32 Å². The standard InChI is InChI=1S/C14H16FN5/c1-14(2,3)19-12-11(9-6-4-5-7-10(9)15)18-13-16-8-17-20(12)13/h4-8,19H,1-3H3,(H,16,17,18). The summed E-state index contributed by atoms with van der Waals surface area (Å²) >= 11 is 0. The molecule has 0 aliphatic carbocycles. The summed E-state index contributed by atoms with van der Waals surface area (Å²) in [5.74, 6) is 0.912. The molecule has 5 nitrogen and oxygen atoms in total. The van der Waals surface area contributed by atoms with Crippen molar-refractivity contribution in [1.29, 1.82) is 0 Å². The lowest BCUT2D eigenvalue weighted by molar-refractivity contribution is 0.623. The first-order valence-electron chi connectivity index (χ1n) is 6.40. The number of nitrogens with zero attached hydrogens (tertiary/aromatic N) is 3. The molecule has 2 aromatic heterocycles. The normalized spacial score (nSPS) is 12.0. The van der Waals surface area contributed by atoms with Crippen LogP contribution in [0.5, 0.6) is 0 Å². The lowest BCUT2D eigenvalue weighted by atomic mass is 10.1. The van der Waals surface area contributed by atoms with Gasteiger partial charge in [-0.05, 0) is 32.9 Å². The van der Waals surface area contributed by atoms with Crippen molar-refractivity contribution in [3.8, 4) is 11.3 Å². The molecule has 0 unspecified atom stereocenters. The molecule has 104 valence electrons. The highest BCUT2D eigenvalue weighted by Crippen LogP contribution is 2.31. The smallest absolute Gasteiger partial charge is 0.252 e. The second-order valence-electron chi connectivity index (χ2n) is 5.69. The maximum atomic E-state index is 14.0. The minimum atomic E-state index is -0.301. The number of rotatable bonds is 2. The van der Waals surface area contributed by atoms with E-state index in [4.69, 9.17) is 0 Å². The number of aromatic amines is 1. The molecule has 0 fully saturated rings. The van der Waals surface area contributed by atoms with Gasteiger partial charge in [0.15, 0.2) is 5.82 Å². The molecule has 6 heteroatoms. The summed E-state index contributed by atoms with van der Waals surface area (Å²) in [4.78, 5) is 8.53. The Balaban J connectivity index is 2.22. The van der Waals surface area contributed by atoms with E-state index in [1.165, 1.54) is 6.07 Å². The Morgan fingerprint density at radius 2 is 2.00 bits per heavy atom. The number of fused-ring (bicyclic) bond motifs is 1. The third-order valence-corrected chi connectivity index (χ3v) is 2.85. The van der Waals surface area contributed by atoms with Crippen molar-refractivity contribution < 1.29 is 4.39 Å². The molecule has 0 saturated heterocycles. The van der Waals surface area contributed by atoms with Gasteiger partial charge in [0.1, 0.15) is 17.8 Å². The predicted octanol–water partition coefficient (Wildman–Crippen LogP) is 3.07. The Kier molecular flexibility index (Phi) is 2.74. The molecule has 0 amide bonds. The van der Waals surface area contributed by atoms with E-state index in [0.717, 1.165) is 0 Å². The molecule has 0 aliphatic rings. The van der Waals surface area contributed by atoms with Crippen LogP contribution in [0.3, 0.4) is 0 Å². The predicted molar refractivity (Wildman–Crippen MR) is 76.1 cm³/mol. The average Bonchev–Trinajstić information content (AvgIpc) is 2.91. The van der Waals surface area contributed by atoms with E-state index in [9.17, 15) is 4.39 Å². The first-order valence-corrected chi connectivity index (χ1v) is 6.40. The second kappa shape index (κ2) is 4.33. The van der Waals surface area contributed by atoms with Crippen LogP contribution in [0.4, 0.5) is 10.2 Å². The van der Waals surface area contributed by atoms with Gasteiger partial charge in [0.25, 0.3) is 5.78 Å². The first kappa shape index (κ1) is 12.7. The summed E-state index contributed by atoms with van der Waals surface area (Å²) in [5.41, 5.74) is 0.830. The van der Waals surface area contributed by atoms with Gasteiger partial charge in [-0.2, -0.15) is 0 Å². The highest BCUT2D eigenvalue weighted by Gasteiger charge is 2.21. The maximum Gasteiger partial charge on any atom is 0.252 e. The molecule has 1 aromatic carbocycles. The van der Waals surface area contributed by atoms with Crippen molar-refractivity contribution >= 4 is 11.6 Å². The van der Waals surface area contributed by atoms with E-state index in [0.29, 0.717) is 22.9 Å². The largest absolute Gasteiger partial charge is 0.364 e. The topological polar surface area (TPSA) is 58.0 Å². The molecule has 0 radical (unpaired) electrons. The monoisotopic (exact) mass is 273 g/mol. The Bertz CT molecular complexity index is 750. The molecule has 20 heavy (non-hydrogen) atoms. The number of anilines is 1. The average molecular weight is 273 g/mol. The van der Waals surface area contributed by atoms with Crippen LogP contribution >= 0.6 is 0 Å². The number of benzene rings is 1. The van der Waals surface area contributed by atoms with Crippen LogP contribution in [-0.4, -0.2) is 25.1 Å². The molecule has 2 heterocycles. The highest BCUT2D eigenvalue weighted by molar-refractivity contribution is 5.76. The molecule has 0 aliphatic heterocycles. The number of halogens is 1. The minimum absolute atomic E-state index is 0.179. The minimum Gasteiger partial charge on any atom is -0.364 e. The van der Waals surface area contributed by atoms with E-state index in [1.54, 1.807) is 29.0 Å². The van der Waals surface area contributed by atoms with Crippen molar-refractivity contribution in [1.82, 2.24) is 19.6 Å². The summed E-state index contributed by atoms with van der Waals surface area (Å²) in [5, 5.41) is 6.33. The summed E-state index contributed by atoms with van der Waals surface area (Å²) in [6, 6.07) is 6.60. The van der Waals surface area contributed by atoms with E-state index in [2.05, 4.69) is 20.4 Å². The lowest BCUT2D eigenvalue weighted by Crippen LogP contribution is -2.27. The number of hydrogen-bond donors (Lipinski definition) is 2. The van der Waals surface area contributed by atoms with Gasteiger partial charge in [-0.3, -0.25) is 5.10 Å². The van der Waals surface area contributed by atoms with Crippen LogP contribution in [-0.2, 0) is 0 Å². The van der Waals surface area contributed by atoms with Crippen molar-refractivity contribution in [2.45, 2.75) is 26.3 Å². The van der Waals surface area contributed by atoms with Crippen molar-refractivity contribution in [2.24, 2.45) is 0 Å². The molecule has 3 rings (SSSR count). The third kappa shape index (κ3) is 2.13. The molecule has 0 bridgehead atoms. The zero-order valence-electron chi connectivity index (χ0n) is 11.6. The van der Waals surface area contributed by atoms with Crippen LogP contribution in [0.25, 0.3) is 17.0 Å². The fourth-order valence-electron chi connectivity index (χ4n) is 2.07. The Morgan fingerprint density at radius 1 is 1.25 bits per heavy atom. The Morgan fingerprint density at radius 3 is 2.70 bits per heavy atom. The van der Waals surface area contributed by atoms with Gasteiger partial charge in [0.05, 0.1) is 0 Å². The van der Waals surface area contributed by atoms with Crippen LogP contribution in [0.1, 0.15) is 20.8 Å². The highest BCUT2D eigenvalue weighted by atomic mass is 19.1. The van der Waals surface area contributed by atoms with Crippen molar-refractivity contribution in [3.63, 3.8) is 0 Å². The number of aromatic nitrogens is 4. The third-order valence-electron chi connectivity index (χ3n) is 2.85. The number of imidazole rings is 1. The van der Waals surface area contributed by atoms with Gasteiger partial charge in [-0.25, -0.2) is 18.9 Å². The van der Waals surface area contributed by atoms with E-state index < -0.39 is 0 Å².